The number of hydrogen-bond donors (Lipinski definition) is 0. The van der Waals surface area contributed by atoms with Crippen LogP contribution in [-0.2, 0) is 11.4 Å². The minimum atomic E-state index is -0.121. The number of rotatable bonds is 5. The average Bonchev–Trinajstić information content (AvgIpc) is 3.06. The Labute approximate surface area is 184 Å². The highest BCUT2D eigenvalue weighted by molar-refractivity contribution is 8.27. The number of benzene rings is 3. The highest BCUT2D eigenvalue weighted by Crippen LogP contribution is 2.36. The lowest BCUT2D eigenvalue weighted by Gasteiger charge is -2.13. The van der Waals surface area contributed by atoms with Crippen molar-refractivity contribution in [3.63, 3.8) is 0 Å². The normalized spacial score (nSPS) is 14.8. The maximum Gasteiger partial charge on any atom is 0.270 e. The van der Waals surface area contributed by atoms with Crippen LogP contribution in [0.2, 0.25) is 0 Å². The van der Waals surface area contributed by atoms with E-state index in [0.717, 1.165) is 16.8 Å². The first-order valence-electron chi connectivity index (χ1n) is 9.19. The molecule has 0 unspecified atom stereocenters. The summed E-state index contributed by atoms with van der Waals surface area (Å²) in [6.45, 7) is 0.318. The van der Waals surface area contributed by atoms with Gasteiger partial charge in [-0.2, -0.15) is 5.26 Å². The fourth-order valence-corrected chi connectivity index (χ4v) is 4.29. The first-order chi connectivity index (χ1) is 14.7. The van der Waals surface area contributed by atoms with Gasteiger partial charge in [-0.05, 0) is 42.0 Å². The lowest BCUT2D eigenvalue weighted by molar-refractivity contribution is -0.113. The number of thioether (sulfide) groups is 1. The first-order valence-corrected chi connectivity index (χ1v) is 10.4. The van der Waals surface area contributed by atoms with Crippen molar-refractivity contribution in [2.45, 2.75) is 6.61 Å². The minimum Gasteiger partial charge on any atom is -0.489 e. The van der Waals surface area contributed by atoms with Crippen molar-refractivity contribution in [2.75, 3.05) is 4.90 Å². The standard InChI is InChI=1S/C24H16N2O2S2/c25-15-18-6-4-5-7-19(18)16-28-21-12-10-17(11-13-21)14-22-23(27)26(24(29)30-22)20-8-2-1-3-9-20/h1-14H,16H2. The number of nitriles is 1. The van der Waals surface area contributed by atoms with Crippen LogP contribution in [0.3, 0.4) is 0 Å². The maximum absolute atomic E-state index is 12.8. The SMILES string of the molecule is N#Cc1ccccc1COc1ccc(C=C2SC(=S)N(c3ccccc3)C2=O)cc1. The van der Waals surface area contributed by atoms with Gasteiger partial charge < -0.3 is 4.74 Å². The van der Waals surface area contributed by atoms with Crippen LogP contribution in [0.4, 0.5) is 5.69 Å². The second kappa shape index (κ2) is 8.95. The number of amides is 1. The van der Waals surface area contributed by atoms with Crippen molar-refractivity contribution in [3.8, 4) is 11.8 Å². The molecule has 0 spiro atoms. The van der Waals surface area contributed by atoms with E-state index in [1.165, 1.54) is 11.8 Å². The summed E-state index contributed by atoms with van der Waals surface area (Å²) in [7, 11) is 0. The molecule has 6 heteroatoms. The van der Waals surface area contributed by atoms with E-state index in [2.05, 4.69) is 6.07 Å². The molecule has 1 aliphatic heterocycles. The molecule has 3 aromatic carbocycles. The summed E-state index contributed by atoms with van der Waals surface area (Å²) < 4.78 is 6.32. The van der Waals surface area contributed by atoms with Crippen LogP contribution >= 0.6 is 24.0 Å². The van der Waals surface area contributed by atoms with Gasteiger partial charge in [0.05, 0.1) is 22.2 Å². The van der Waals surface area contributed by atoms with Gasteiger partial charge in [0, 0.05) is 5.56 Å². The molecule has 30 heavy (non-hydrogen) atoms. The Morgan fingerprint density at radius 1 is 1.00 bits per heavy atom. The van der Waals surface area contributed by atoms with Crippen molar-refractivity contribution < 1.29 is 9.53 Å². The molecule has 0 aliphatic carbocycles. The molecule has 0 saturated carbocycles. The number of ether oxygens (including phenoxy) is 1. The second-order valence-electron chi connectivity index (χ2n) is 6.48. The largest absolute Gasteiger partial charge is 0.489 e. The van der Waals surface area contributed by atoms with Gasteiger partial charge in [0.2, 0.25) is 0 Å². The van der Waals surface area contributed by atoms with Crippen LogP contribution < -0.4 is 9.64 Å². The molecular formula is C24H16N2O2S2. The molecule has 4 nitrogen and oxygen atoms in total. The Kier molecular flexibility index (Phi) is 5.94. The molecule has 1 heterocycles. The number of hydrogen-bond acceptors (Lipinski definition) is 5. The van der Waals surface area contributed by atoms with Crippen LogP contribution in [0.15, 0.2) is 83.8 Å². The zero-order chi connectivity index (χ0) is 20.9. The van der Waals surface area contributed by atoms with Crippen LogP contribution in [0.25, 0.3) is 6.08 Å². The van der Waals surface area contributed by atoms with Gasteiger partial charge >= 0.3 is 0 Å². The molecule has 0 radical (unpaired) electrons. The number of carbonyl (C=O) groups excluding carboxylic acids is 1. The molecule has 1 saturated heterocycles. The highest BCUT2D eigenvalue weighted by atomic mass is 32.2. The maximum atomic E-state index is 12.8. The average molecular weight is 429 g/mol. The molecule has 0 bridgehead atoms. The van der Waals surface area contributed by atoms with Crippen LogP contribution in [0, 0.1) is 11.3 Å². The Balaban J connectivity index is 1.46. The third-order valence-corrected chi connectivity index (χ3v) is 5.82. The lowest BCUT2D eigenvalue weighted by atomic mass is 10.1. The van der Waals surface area contributed by atoms with Crippen molar-refractivity contribution in [2.24, 2.45) is 0 Å². The van der Waals surface area contributed by atoms with E-state index in [9.17, 15) is 4.79 Å². The van der Waals surface area contributed by atoms with Gasteiger partial charge in [0.1, 0.15) is 12.4 Å². The fourth-order valence-electron chi connectivity index (χ4n) is 3.00. The Morgan fingerprint density at radius 2 is 1.70 bits per heavy atom. The lowest BCUT2D eigenvalue weighted by Crippen LogP contribution is -2.27. The Morgan fingerprint density at radius 3 is 2.43 bits per heavy atom. The summed E-state index contributed by atoms with van der Waals surface area (Å²) in [6.07, 6.45) is 1.83. The molecule has 3 aromatic rings. The van der Waals surface area contributed by atoms with Crippen LogP contribution in [0.5, 0.6) is 5.75 Å². The van der Waals surface area contributed by atoms with Gasteiger partial charge in [-0.25, -0.2) is 0 Å². The number of thiocarbonyl (C=S) groups is 1. The summed E-state index contributed by atoms with van der Waals surface area (Å²) in [4.78, 5) is 14.9. The van der Waals surface area contributed by atoms with Crippen LogP contribution in [0.1, 0.15) is 16.7 Å². The van der Waals surface area contributed by atoms with Crippen molar-refractivity contribution in [1.29, 1.82) is 5.26 Å². The summed E-state index contributed by atoms with van der Waals surface area (Å²) >= 11 is 6.69. The predicted molar refractivity (Wildman–Crippen MR) is 124 cm³/mol. The van der Waals surface area contributed by atoms with Crippen molar-refractivity contribution in [1.82, 2.24) is 0 Å². The smallest absolute Gasteiger partial charge is 0.270 e. The Hall–Kier alpha value is -3.40. The quantitative estimate of drug-likeness (QED) is 0.394. The predicted octanol–water partition coefficient (Wildman–Crippen LogP) is 5.54. The number of anilines is 1. The molecule has 0 atom stereocenters. The zero-order valence-corrected chi connectivity index (χ0v) is 17.5. The molecule has 146 valence electrons. The first kappa shape index (κ1) is 19.9. The molecule has 1 fully saturated rings. The molecule has 1 amide bonds. The number of nitrogens with zero attached hydrogens (tertiary/aromatic N) is 2. The minimum absolute atomic E-state index is 0.121. The molecular weight excluding hydrogens is 412 g/mol. The van der Waals surface area contributed by atoms with E-state index in [0.29, 0.717) is 27.1 Å². The van der Waals surface area contributed by atoms with E-state index < -0.39 is 0 Å². The van der Waals surface area contributed by atoms with E-state index in [4.69, 9.17) is 22.2 Å². The van der Waals surface area contributed by atoms with Crippen molar-refractivity contribution in [3.05, 3.63) is 100 Å². The van der Waals surface area contributed by atoms with Gasteiger partial charge in [-0.1, -0.05) is 72.5 Å². The molecule has 0 aromatic heterocycles. The summed E-state index contributed by atoms with van der Waals surface area (Å²) in [5, 5.41) is 9.17. The van der Waals surface area contributed by atoms with E-state index in [1.807, 2.05) is 78.9 Å². The topological polar surface area (TPSA) is 53.3 Å². The molecule has 1 aliphatic rings. The van der Waals surface area contributed by atoms with Gasteiger partial charge in [0.25, 0.3) is 5.91 Å². The Bertz CT molecular complexity index is 1170. The van der Waals surface area contributed by atoms with Crippen LogP contribution in [-0.4, -0.2) is 10.2 Å². The summed E-state index contributed by atoms with van der Waals surface area (Å²) in [5.74, 6) is 0.571. The fraction of sp³-hybridized carbons (Fsp3) is 0.0417. The summed E-state index contributed by atoms with van der Waals surface area (Å²) in [6, 6.07) is 26.4. The second-order valence-corrected chi connectivity index (χ2v) is 8.16. The van der Waals surface area contributed by atoms with Gasteiger partial charge in [-0.15, -0.1) is 0 Å². The third-order valence-electron chi connectivity index (χ3n) is 4.52. The van der Waals surface area contributed by atoms with Crippen molar-refractivity contribution >= 4 is 46.0 Å². The number of para-hydroxylation sites is 1. The monoisotopic (exact) mass is 428 g/mol. The van der Waals surface area contributed by atoms with E-state index in [1.54, 1.807) is 11.0 Å². The molecule has 0 N–H and O–H groups in total. The number of carbonyl (C=O) groups is 1. The highest BCUT2D eigenvalue weighted by Gasteiger charge is 2.33. The van der Waals surface area contributed by atoms with Gasteiger partial charge in [-0.3, -0.25) is 9.69 Å². The summed E-state index contributed by atoms with van der Waals surface area (Å²) in [5.41, 5.74) is 3.10. The van der Waals surface area contributed by atoms with E-state index in [-0.39, 0.29) is 5.91 Å². The zero-order valence-electron chi connectivity index (χ0n) is 15.8. The van der Waals surface area contributed by atoms with E-state index >= 15 is 0 Å². The third kappa shape index (κ3) is 4.28. The van der Waals surface area contributed by atoms with Gasteiger partial charge in [0.15, 0.2) is 4.32 Å². The molecule has 4 rings (SSSR count).